The van der Waals surface area contributed by atoms with E-state index in [1.165, 1.54) is 0 Å². The molecule has 0 bridgehead atoms. The zero-order valence-corrected chi connectivity index (χ0v) is 10.2. The molecule has 14 heavy (non-hydrogen) atoms. The minimum Gasteiger partial charge on any atom is -0.369 e. The van der Waals surface area contributed by atoms with Crippen LogP contribution in [0.2, 0.25) is 0 Å². The van der Waals surface area contributed by atoms with Crippen molar-refractivity contribution in [1.29, 1.82) is 0 Å². The van der Waals surface area contributed by atoms with Gasteiger partial charge in [0.15, 0.2) is 6.10 Å². The van der Waals surface area contributed by atoms with Gasteiger partial charge in [0.1, 0.15) is 0 Å². The number of halogens is 4. The summed E-state index contributed by atoms with van der Waals surface area (Å²) < 4.78 is 41.0. The summed E-state index contributed by atoms with van der Waals surface area (Å²) in [6, 6.07) is 0. The second-order valence-electron chi connectivity index (χ2n) is 3.68. The van der Waals surface area contributed by atoms with Gasteiger partial charge in [-0.1, -0.05) is 29.8 Å². The molecule has 0 amide bonds. The lowest BCUT2D eigenvalue weighted by atomic mass is 9.99. The SMILES string of the molecule is CC(C)C(CBr)COC(C)C(F)(F)F. The predicted octanol–water partition coefficient (Wildman–Crippen LogP) is 3.62. The van der Waals surface area contributed by atoms with Gasteiger partial charge in [0, 0.05) is 5.33 Å². The minimum absolute atomic E-state index is 0.125. The van der Waals surface area contributed by atoms with Gasteiger partial charge in [0.25, 0.3) is 0 Å². The largest absolute Gasteiger partial charge is 0.414 e. The molecule has 0 saturated heterocycles. The molecule has 0 radical (unpaired) electrons. The molecule has 2 atom stereocenters. The van der Waals surface area contributed by atoms with Gasteiger partial charge < -0.3 is 4.74 Å². The van der Waals surface area contributed by atoms with Crippen molar-refractivity contribution in [3.05, 3.63) is 0 Å². The van der Waals surface area contributed by atoms with Gasteiger partial charge in [-0.2, -0.15) is 13.2 Å². The average molecular weight is 277 g/mol. The monoisotopic (exact) mass is 276 g/mol. The Balaban J connectivity index is 3.92. The van der Waals surface area contributed by atoms with Gasteiger partial charge in [-0.05, 0) is 18.8 Å². The highest BCUT2D eigenvalue weighted by molar-refractivity contribution is 9.09. The molecule has 0 heterocycles. The zero-order chi connectivity index (χ0) is 11.4. The summed E-state index contributed by atoms with van der Waals surface area (Å²) >= 11 is 3.26. The third-order valence-electron chi connectivity index (χ3n) is 2.16. The average Bonchev–Trinajstić information content (AvgIpc) is 2.02. The molecule has 0 aliphatic heterocycles. The van der Waals surface area contributed by atoms with E-state index < -0.39 is 12.3 Å². The number of ether oxygens (including phenoxy) is 1. The van der Waals surface area contributed by atoms with Crippen molar-refractivity contribution in [2.45, 2.75) is 33.1 Å². The summed E-state index contributed by atoms with van der Waals surface area (Å²) in [5.74, 6) is 0.439. The predicted molar refractivity (Wildman–Crippen MR) is 53.6 cm³/mol. The van der Waals surface area contributed by atoms with Crippen molar-refractivity contribution < 1.29 is 17.9 Å². The van der Waals surface area contributed by atoms with Crippen LogP contribution >= 0.6 is 15.9 Å². The van der Waals surface area contributed by atoms with Crippen LogP contribution in [0.5, 0.6) is 0 Å². The topological polar surface area (TPSA) is 9.23 Å². The Morgan fingerprint density at radius 3 is 2.00 bits per heavy atom. The number of hydrogen-bond donors (Lipinski definition) is 0. The van der Waals surface area contributed by atoms with Crippen LogP contribution in [0.1, 0.15) is 20.8 Å². The first-order chi connectivity index (χ1) is 6.29. The lowest BCUT2D eigenvalue weighted by Gasteiger charge is -2.22. The summed E-state index contributed by atoms with van der Waals surface area (Å²) in [6.45, 7) is 5.11. The summed E-state index contributed by atoms with van der Waals surface area (Å²) in [5, 5.41) is 0.662. The lowest BCUT2D eigenvalue weighted by molar-refractivity contribution is -0.217. The molecule has 0 N–H and O–H groups in total. The Bertz CT molecular complexity index is 157. The molecular formula is C9H16BrF3O. The Morgan fingerprint density at radius 1 is 1.21 bits per heavy atom. The molecule has 0 aliphatic carbocycles. The van der Waals surface area contributed by atoms with E-state index in [-0.39, 0.29) is 12.5 Å². The van der Waals surface area contributed by atoms with Crippen molar-refractivity contribution in [3.63, 3.8) is 0 Å². The van der Waals surface area contributed by atoms with Crippen LogP contribution < -0.4 is 0 Å². The first kappa shape index (κ1) is 14.2. The summed E-state index contributed by atoms with van der Waals surface area (Å²) in [7, 11) is 0. The quantitative estimate of drug-likeness (QED) is 0.697. The lowest BCUT2D eigenvalue weighted by Crippen LogP contribution is -2.31. The van der Waals surface area contributed by atoms with Gasteiger partial charge in [0.2, 0.25) is 0 Å². The Labute approximate surface area is 91.1 Å². The fraction of sp³-hybridized carbons (Fsp3) is 1.00. The molecule has 0 aliphatic rings. The van der Waals surface area contributed by atoms with Gasteiger partial charge in [-0.3, -0.25) is 0 Å². The van der Waals surface area contributed by atoms with E-state index in [4.69, 9.17) is 4.74 Å². The molecular weight excluding hydrogens is 261 g/mol. The maximum Gasteiger partial charge on any atom is 0.414 e. The number of hydrogen-bond acceptors (Lipinski definition) is 1. The maximum absolute atomic E-state index is 12.1. The van der Waals surface area contributed by atoms with E-state index in [9.17, 15) is 13.2 Å². The van der Waals surface area contributed by atoms with Crippen molar-refractivity contribution >= 4 is 15.9 Å². The fourth-order valence-corrected chi connectivity index (χ4v) is 1.71. The second-order valence-corrected chi connectivity index (χ2v) is 4.32. The van der Waals surface area contributed by atoms with Gasteiger partial charge in [-0.15, -0.1) is 0 Å². The minimum atomic E-state index is -4.26. The van der Waals surface area contributed by atoms with Crippen LogP contribution in [0.15, 0.2) is 0 Å². The number of alkyl halides is 4. The van der Waals surface area contributed by atoms with Gasteiger partial charge in [-0.25, -0.2) is 0 Å². The highest BCUT2D eigenvalue weighted by atomic mass is 79.9. The number of rotatable bonds is 5. The first-order valence-electron chi connectivity index (χ1n) is 4.53. The molecule has 0 rings (SSSR count). The van der Waals surface area contributed by atoms with Gasteiger partial charge >= 0.3 is 6.18 Å². The molecule has 5 heteroatoms. The summed E-state index contributed by atoms with van der Waals surface area (Å²) in [6.07, 6.45) is -5.93. The smallest absolute Gasteiger partial charge is 0.369 e. The van der Waals surface area contributed by atoms with Crippen LogP contribution in [0.25, 0.3) is 0 Å². The highest BCUT2D eigenvalue weighted by Crippen LogP contribution is 2.24. The maximum atomic E-state index is 12.1. The molecule has 0 fully saturated rings. The molecule has 2 unspecified atom stereocenters. The third-order valence-corrected chi connectivity index (χ3v) is 2.99. The fourth-order valence-electron chi connectivity index (χ4n) is 0.778. The van der Waals surface area contributed by atoms with Gasteiger partial charge in [0.05, 0.1) is 6.61 Å². The van der Waals surface area contributed by atoms with E-state index >= 15 is 0 Å². The second kappa shape index (κ2) is 5.95. The standard InChI is InChI=1S/C9H16BrF3O/c1-6(2)8(4-10)5-14-7(3)9(11,12)13/h6-8H,4-5H2,1-3H3. The highest BCUT2D eigenvalue weighted by Gasteiger charge is 2.37. The van der Waals surface area contributed by atoms with E-state index in [0.717, 1.165) is 6.92 Å². The van der Waals surface area contributed by atoms with Crippen molar-refractivity contribution in [2.24, 2.45) is 11.8 Å². The third kappa shape index (κ3) is 5.20. The Hall–Kier alpha value is 0.230. The van der Waals surface area contributed by atoms with Crippen LogP contribution in [0.3, 0.4) is 0 Å². The van der Waals surface area contributed by atoms with E-state index in [2.05, 4.69) is 15.9 Å². The molecule has 0 aromatic carbocycles. The van der Waals surface area contributed by atoms with Crippen molar-refractivity contribution in [3.8, 4) is 0 Å². The van der Waals surface area contributed by atoms with E-state index in [1.54, 1.807) is 0 Å². The van der Waals surface area contributed by atoms with Crippen LogP contribution in [0, 0.1) is 11.8 Å². The Morgan fingerprint density at radius 2 is 1.71 bits per heavy atom. The molecule has 0 aromatic heterocycles. The molecule has 0 saturated carbocycles. The molecule has 86 valence electrons. The molecule has 0 aromatic rings. The summed E-state index contributed by atoms with van der Waals surface area (Å²) in [5.41, 5.74) is 0. The van der Waals surface area contributed by atoms with Crippen molar-refractivity contribution in [1.82, 2.24) is 0 Å². The van der Waals surface area contributed by atoms with Crippen molar-refractivity contribution in [2.75, 3.05) is 11.9 Å². The first-order valence-corrected chi connectivity index (χ1v) is 5.65. The van der Waals surface area contributed by atoms with Crippen LogP contribution in [-0.4, -0.2) is 24.2 Å². The molecule has 1 nitrogen and oxygen atoms in total. The van der Waals surface area contributed by atoms with E-state index in [0.29, 0.717) is 11.2 Å². The van der Waals surface area contributed by atoms with E-state index in [1.807, 2.05) is 13.8 Å². The van der Waals surface area contributed by atoms with Crippen LogP contribution in [0.4, 0.5) is 13.2 Å². The molecule has 0 spiro atoms. The van der Waals surface area contributed by atoms with Crippen LogP contribution in [-0.2, 0) is 4.74 Å². The zero-order valence-electron chi connectivity index (χ0n) is 8.57. The Kier molecular flexibility index (Phi) is 6.05. The summed E-state index contributed by atoms with van der Waals surface area (Å²) in [4.78, 5) is 0. The normalized spacial score (nSPS) is 17.1.